The van der Waals surface area contributed by atoms with Crippen molar-refractivity contribution >= 4 is 10.1 Å². The highest BCUT2D eigenvalue weighted by molar-refractivity contribution is 7.86. The molecule has 0 aliphatic rings. The summed E-state index contributed by atoms with van der Waals surface area (Å²) < 4.78 is 28.8. The van der Waals surface area contributed by atoms with Crippen molar-refractivity contribution in [3.63, 3.8) is 0 Å². The van der Waals surface area contributed by atoms with E-state index in [4.69, 9.17) is 4.18 Å². The molecule has 0 fully saturated rings. The molecule has 0 saturated carbocycles. The summed E-state index contributed by atoms with van der Waals surface area (Å²) in [5.74, 6) is 4.53. The van der Waals surface area contributed by atoms with E-state index in [9.17, 15) is 8.42 Å². The molecule has 0 amide bonds. The van der Waals surface area contributed by atoms with Crippen molar-refractivity contribution in [2.45, 2.75) is 83.0 Å². The zero-order valence-electron chi connectivity index (χ0n) is 16.5. The van der Waals surface area contributed by atoms with Crippen LogP contribution in [0.3, 0.4) is 0 Å². The zero-order valence-corrected chi connectivity index (χ0v) is 17.3. The van der Waals surface area contributed by atoms with Gasteiger partial charge >= 0.3 is 0 Å². The molecular formula is C20H37NO4S. The second-order valence-corrected chi connectivity index (χ2v) is 7.84. The van der Waals surface area contributed by atoms with Gasteiger partial charge in [-0.1, -0.05) is 82.9 Å². The lowest BCUT2D eigenvalue weighted by atomic mass is 10.1. The van der Waals surface area contributed by atoms with Crippen molar-refractivity contribution in [2.24, 2.45) is 5.90 Å². The van der Waals surface area contributed by atoms with Crippen LogP contribution in [0.2, 0.25) is 0 Å². The summed E-state index contributed by atoms with van der Waals surface area (Å²) in [6.07, 6.45) is 12.3. The van der Waals surface area contributed by atoms with Gasteiger partial charge in [0.15, 0.2) is 0 Å². The molecular weight excluding hydrogens is 350 g/mol. The van der Waals surface area contributed by atoms with Gasteiger partial charge < -0.3 is 4.84 Å². The molecule has 0 atom stereocenters. The monoisotopic (exact) mass is 387 g/mol. The van der Waals surface area contributed by atoms with Gasteiger partial charge in [-0.25, -0.2) is 5.90 Å². The van der Waals surface area contributed by atoms with Crippen LogP contribution in [-0.2, 0) is 19.1 Å². The molecule has 1 aromatic carbocycles. The molecule has 152 valence electrons. The minimum atomic E-state index is -3.57. The molecule has 2 N–H and O–H groups in total. The van der Waals surface area contributed by atoms with Crippen molar-refractivity contribution in [3.05, 3.63) is 30.3 Å². The van der Waals surface area contributed by atoms with Gasteiger partial charge in [0.2, 0.25) is 0 Å². The molecule has 0 aromatic heterocycles. The van der Waals surface area contributed by atoms with Gasteiger partial charge in [-0.2, -0.15) is 8.42 Å². The van der Waals surface area contributed by atoms with Crippen LogP contribution in [0.5, 0.6) is 0 Å². The van der Waals surface area contributed by atoms with Crippen LogP contribution in [0, 0.1) is 0 Å². The van der Waals surface area contributed by atoms with Gasteiger partial charge in [0, 0.05) is 0 Å². The van der Waals surface area contributed by atoms with E-state index >= 15 is 0 Å². The fourth-order valence-corrected chi connectivity index (χ4v) is 3.38. The minimum absolute atomic E-state index is 0.238. The molecule has 0 saturated heterocycles. The highest BCUT2D eigenvalue weighted by atomic mass is 32.2. The summed E-state index contributed by atoms with van der Waals surface area (Å²) in [5, 5.41) is 0. The maximum atomic E-state index is 11.9. The lowest BCUT2D eigenvalue weighted by molar-refractivity contribution is 0.152. The second kappa shape index (κ2) is 17.5. The van der Waals surface area contributed by atoms with E-state index in [1.807, 2.05) is 6.92 Å². The highest BCUT2D eigenvalue weighted by Crippen LogP contribution is 2.13. The molecule has 0 radical (unpaired) electrons. The molecule has 0 heterocycles. The second-order valence-electron chi connectivity index (χ2n) is 6.23. The Hall–Kier alpha value is -0.950. The van der Waals surface area contributed by atoms with Crippen LogP contribution in [0.4, 0.5) is 0 Å². The maximum absolute atomic E-state index is 11.9. The first kappa shape index (κ1) is 25.1. The van der Waals surface area contributed by atoms with Crippen molar-refractivity contribution in [1.82, 2.24) is 0 Å². The number of hydrogen-bond donors (Lipinski definition) is 1. The lowest BCUT2D eigenvalue weighted by Crippen LogP contribution is -2.07. The van der Waals surface area contributed by atoms with E-state index in [1.165, 1.54) is 51.4 Å². The molecule has 0 bridgehead atoms. The summed E-state index contributed by atoms with van der Waals surface area (Å²) in [6.45, 7) is 4.95. The Balaban J connectivity index is 0.00000141. The van der Waals surface area contributed by atoms with E-state index in [-0.39, 0.29) is 11.5 Å². The Morgan fingerprint density at radius 2 is 1.27 bits per heavy atom. The van der Waals surface area contributed by atoms with Crippen LogP contribution in [0.1, 0.15) is 78.1 Å². The maximum Gasteiger partial charge on any atom is 0.296 e. The van der Waals surface area contributed by atoms with Gasteiger partial charge in [0.1, 0.15) is 0 Å². The third-order valence-electron chi connectivity index (χ3n) is 3.93. The van der Waals surface area contributed by atoms with Crippen molar-refractivity contribution in [3.8, 4) is 0 Å². The van der Waals surface area contributed by atoms with Crippen LogP contribution in [0.15, 0.2) is 35.2 Å². The van der Waals surface area contributed by atoms with Crippen molar-refractivity contribution < 1.29 is 17.4 Å². The molecule has 1 rings (SSSR count). The van der Waals surface area contributed by atoms with E-state index in [0.717, 1.165) is 12.8 Å². The predicted molar refractivity (Wildman–Crippen MR) is 107 cm³/mol. The van der Waals surface area contributed by atoms with Gasteiger partial charge in [0.25, 0.3) is 10.1 Å². The first-order valence-corrected chi connectivity index (χ1v) is 11.3. The smallest absolute Gasteiger partial charge is 0.296 e. The highest BCUT2D eigenvalue weighted by Gasteiger charge is 2.13. The first-order chi connectivity index (χ1) is 12.6. The Labute approximate surface area is 160 Å². The van der Waals surface area contributed by atoms with Gasteiger partial charge in [-0.3, -0.25) is 4.18 Å². The SMILES string of the molecule is CCCCCCCCCCCCOS(=O)(=O)c1ccccc1.CCON. The minimum Gasteiger partial charge on any atom is -0.305 e. The summed E-state index contributed by atoms with van der Waals surface area (Å²) in [7, 11) is -3.57. The topological polar surface area (TPSA) is 78.6 Å². The lowest BCUT2D eigenvalue weighted by Gasteiger charge is -2.05. The molecule has 1 aromatic rings. The zero-order chi connectivity index (χ0) is 19.5. The molecule has 0 spiro atoms. The number of unbranched alkanes of at least 4 members (excludes halogenated alkanes) is 9. The number of nitrogens with two attached hydrogens (primary N) is 1. The number of hydrogen-bond acceptors (Lipinski definition) is 5. The Morgan fingerprint density at radius 1 is 0.808 bits per heavy atom. The van der Waals surface area contributed by atoms with Gasteiger partial charge in [-0.05, 0) is 25.5 Å². The first-order valence-electron chi connectivity index (χ1n) is 9.84. The van der Waals surface area contributed by atoms with Crippen LogP contribution < -0.4 is 5.90 Å². The van der Waals surface area contributed by atoms with E-state index in [2.05, 4.69) is 17.7 Å². The summed E-state index contributed by atoms with van der Waals surface area (Å²) in [4.78, 5) is 4.28. The average molecular weight is 388 g/mol. The third-order valence-corrected chi connectivity index (χ3v) is 5.26. The van der Waals surface area contributed by atoms with Crippen LogP contribution in [0.25, 0.3) is 0 Å². The Kier molecular flexibility index (Phi) is 16.8. The average Bonchev–Trinajstić information content (AvgIpc) is 2.67. The Morgan fingerprint density at radius 3 is 1.73 bits per heavy atom. The van der Waals surface area contributed by atoms with E-state index in [1.54, 1.807) is 30.3 Å². The molecule has 26 heavy (non-hydrogen) atoms. The van der Waals surface area contributed by atoms with Gasteiger partial charge in [-0.15, -0.1) is 0 Å². The standard InChI is InChI=1S/C18H30O3S.C2H7NO/c1-2-3-4-5-6-7-8-9-10-14-17-21-22(19,20)18-15-12-11-13-16-18;1-2-4-3/h11-13,15-16H,2-10,14,17H2,1H3;2-3H2,1H3. The fourth-order valence-electron chi connectivity index (χ4n) is 2.41. The van der Waals surface area contributed by atoms with Crippen LogP contribution >= 0.6 is 0 Å². The van der Waals surface area contributed by atoms with E-state index in [0.29, 0.717) is 6.61 Å². The summed E-state index contributed by atoms with van der Waals surface area (Å²) >= 11 is 0. The number of rotatable bonds is 14. The van der Waals surface area contributed by atoms with Gasteiger partial charge in [0.05, 0.1) is 18.1 Å². The quantitative estimate of drug-likeness (QED) is 0.269. The summed E-state index contributed by atoms with van der Waals surface area (Å²) in [5.41, 5.74) is 0. The fraction of sp³-hybridized carbons (Fsp3) is 0.700. The van der Waals surface area contributed by atoms with Crippen LogP contribution in [-0.4, -0.2) is 21.6 Å². The molecule has 0 aliphatic heterocycles. The van der Waals surface area contributed by atoms with E-state index < -0.39 is 10.1 Å². The van der Waals surface area contributed by atoms with Crippen molar-refractivity contribution in [1.29, 1.82) is 0 Å². The summed E-state index contributed by atoms with van der Waals surface area (Å²) in [6, 6.07) is 8.33. The molecule has 5 nitrogen and oxygen atoms in total. The van der Waals surface area contributed by atoms with Crippen molar-refractivity contribution in [2.75, 3.05) is 13.2 Å². The molecule has 0 unspecified atom stereocenters. The normalized spacial score (nSPS) is 11.0. The predicted octanol–water partition coefficient (Wildman–Crippen LogP) is 5.21. The largest absolute Gasteiger partial charge is 0.305 e. The number of benzene rings is 1. The molecule has 0 aliphatic carbocycles. The molecule has 6 heteroatoms. The Bertz CT molecular complexity index is 504. The third kappa shape index (κ3) is 14.2.